The third kappa shape index (κ3) is 1.79. The van der Waals surface area contributed by atoms with Crippen molar-refractivity contribution < 1.29 is 14.6 Å². The highest BCUT2D eigenvalue weighted by Gasteiger charge is 2.62. The smallest absolute Gasteiger partial charge is 0.307 e. The first-order chi connectivity index (χ1) is 7.89. The monoisotopic (exact) mass is 234 g/mol. The van der Waals surface area contributed by atoms with Crippen LogP contribution in [0.5, 0.6) is 5.75 Å². The van der Waals surface area contributed by atoms with Gasteiger partial charge in [-0.15, -0.1) is 0 Å². The van der Waals surface area contributed by atoms with Crippen molar-refractivity contribution in [3.63, 3.8) is 0 Å². The van der Waals surface area contributed by atoms with Crippen LogP contribution in [0.4, 0.5) is 0 Å². The highest BCUT2D eigenvalue weighted by molar-refractivity contribution is 5.77. The largest absolute Gasteiger partial charge is 0.497 e. The zero-order chi connectivity index (χ0) is 12.8. The summed E-state index contributed by atoms with van der Waals surface area (Å²) in [6.07, 6.45) is 0. The average Bonchev–Trinajstić information content (AvgIpc) is 2.81. The van der Waals surface area contributed by atoms with Gasteiger partial charge in [-0.25, -0.2) is 0 Å². The van der Waals surface area contributed by atoms with Crippen molar-refractivity contribution in [1.29, 1.82) is 0 Å². The summed E-state index contributed by atoms with van der Waals surface area (Å²) in [4.78, 5) is 11.2. The topological polar surface area (TPSA) is 46.5 Å². The number of carboxylic acid groups (broad SMARTS) is 1. The summed E-state index contributed by atoms with van der Waals surface area (Å²) in [7, 11) is 1.63. The molecule has 0 saturated heterocycles. The van der Waals surface area contributed by atoms with Gasteiger partial charge in [0, 0.05) is 5.92 Å². The van der Waals surface area contributed by atoms with Gasteiger partial charge in [-0.2, -0.15) is 0 Å². The van der Waals surface area contributed by atoms with E-state index in [2.05, 4.69) is 0 Å². The number of hydrogen-bond acceptors (Lipinski definition) is 2. The van der Waals surface area contributed by atoms with Gasteiger partial charge in [0.2, 0.25) is 0 Å². The van der Waals surface area contributed by atoms with Gasteiger partial charge in [-0.3, -0.25) is 4.79 Å². The molecule has 0 bridgehead atoms. The van der Waals surface area contributed by atoms with E-state index in [4.69, 9.17) is 4.74 Å². The normalized spacial score (nSPS) is 25.4. The molecule has 0 spiro atoms. The molecule has 92 valence electrons. The second-order valence-corrected chi connectivity index (χ2v) is 5.34. The van der Waals surface area contributed by atoms with Crippen LogP contribution in [0.2, 0.25) is 0 Å². The molecule has 1 aliphatic rings. The number of benzene rings is 1. The van der Waals surface area contributed by atoms with Gasteiger partial charge in [0.25, 0.3) is 0 Å². The molecule has 3 heteroatoms. The lowest BCUT2D eigenvalue weighted by molar-refractivity contribution is -0.139. The summed E-state index contributed by atoms with van der Waals surface area (Å²) in [5.41, 5.74) is 2.08. The molecule has 1 aromatic carbocycles. The Bertz CT molecular complexity index is 463. The zero-order valence-electron chi connectivity index (χ0n) is 10.7. The van der Waals surface area contributed by atoms with E-state index in [-0.39, 0.29) is 17.3 Å². The summed E-state index contributed by atoms with van der Waals surface area (Å²) >= 11 is 0. The summed E-state index contributed by atoms with van der Waals surface area (Å²) < 4.78 is 5.16. The van der Waals surface area contributed by atoms with E-state index < -0.39 is 5.97 Å². The van der Waals surface area contributed by atoms with Crippen molar-refractivity contribution in [1.82, 2.24) is 0 Å². The molecule has 1 aromatic rings. The Morgan fingerprint density at radius 1 is 1.41 bits per heavy atom. The van der Waals surface area contributed by atoms with E-state index >= 15 is 0 Å². The Morgan fingerprint density at radius 2 is 2.06 bits per heavy atom. The molecule has 0 heterocycles. The molecule has 0 radical (unpaired) electrons. The van der Waals surface area contributed by atoms with Crippen LogP contribution >= 0.6 is 0 Å². The molecule has 2 unspecified atom stereocenters. The first-order valence-corrected chi connectivity index (χ1v) is 5.77. The van der Waals surface area contributed by atoms with Crippen LogP contribution in [0.15, 0.2) is 18.2 Å². The summed E-state index contributed by atoms with van der Waals surface area (Å²) in [5, 5.41) is 9.19. The minimum atomic E-state index is -0.699. The Labute approximate surface area is 101 Å². The SMILES string of the molecule is COc1ccc(C2C(C(=O)O)C2(C)C)c(C)c1. The molecule has 1 fully saturated rings. The van der Waals surface area contributed by atoms with Crippen LogP contribution in [0.1, 0.15) is 30.9 Å². The van der Waals surface area contributed by atoms with Crippen LogP contribution in [0, 0.1) is 18.3 Å². The Morgan fingerprint density at radius 3 is 2.47 bits per heavy atom. The molecular weight excluding hydrogens is 216 g/mol. The van der Waals surface area contributed by atoms with Crippen LogP contribution in [-0.2, 0) is 4.79 Å². The van der Waals surface area contributed by atoms with E-state index in [0.29, 0.717) is 0 Å². The molecule has 0 aromatic heterocycles. The average molecular weight is 234 g/mol. The van der Waals surface area contributed by atoms with E-state index in [9.17, 15) is 9.90 Å². The van der Waals surface area contributed by atoms with E-state index in [1.807, 2.05) is 39.0 Å². The minimum absolute atomic E-state index is 0.117. The van der Waals surface area contributed by atoms with Crippen molar-refractivity contribution in [3.05, 3.63) is 29.3 Å². The van der Waals surface area contributed by atoms with Crippen molar-refractivity contribution in [2.45, 2.75) is 26.7 Å². The second-order valence-electron chi connectivity index (χ2n) is 5.34. The van der Waals surface area contributed by atoms with Gasteiger partial charge < -0.3 is 9.84 Å². The highest BCUT2D eigenvalue weighted by Crippen LogP contribution is 2.65. The fraction of sp³-hybridized carbons (Fsp3) is 0.500. The third-order valence-corrected chi connectivity index (χ3v) is 3.91. The molecule has 1 saturated carbocycles. The number of aryl methyl sites for hydroxylation is 1. The first kappa shape index (κ1) is 12.0. The lowest BCUT2D eigenvalue weighted by atomic mass is 9.99. The number of carbonyl (C=O) groups is 1. The molecule has 17 heavy (non-hydrogen) atoms. The fourth-order valence-corrected chi connectivity index (χ4v) is 2.80. The minimum Gasteiger partial charge on any atom is -0.497 e. The van der Waals surface area contributed by atoms with Crippen LogP contribution in [0.25, 0.3) is 0 Å². The molecule has 3 nitrogen and oxygen atoms in total. The Hall–Kier alpha value is -1.51. The van der Waals surface area contributed by atoms with Crippen LogP contribution in [0.3, 0.4) is 0 Å². The quantitative estimate of drug-likeness (QED) is 0.874. The van der Waals surface area contributed by atoms with Gasteiger partial charge in [0.05, 0.1) is 13.0 Å². The predicted molar refractivity (Wildman–Crippen MR) is 65.4 cm³/mol. The van der Waals surface area contributed by atoms with E-state index in [1.165, 1.54) is 0 Å². The van der Waals surface area contributed by atoms with Crippen molar-refractivity contribution in [2.75, 3.05) is 7.11 Å². The number of ether oxygens (including phenoxy) is 1. The molecule has 0 amide bonds. The van der Waals surface area contributed by atoms with Gasteiger partial charge >= 0.3 is 5.97 Å². The maximum absolute atomic E-state index is 11.2. The zero-order valence-corrected chi connectivity index (χ0v) is 10.7. The molecular formula is C14H18O3. The first-order valence-electron chi connectivity index (χ1n) is 5.77. The van der Waals surface area contributed by atoms with Gasteiger partial charge in [0.1, 0.15) is 5.75 Å². The van der Waals surface area contributed by atoms with E-state index in [1.54, 1.807) is 7.11 Å². The second kappa shape index (κ2) is 3.76. The molecule has 0 aliphatic heterocycles. The van der Waals surface area contributed by atoms with Crippen LogP contribution in [-0.4, -0.2) is 18.2 Å². The van der Waals surface area contributed by atoms with Gasteiger partial charge in [-0.05, 0) is 35.6 Å². The lowest BCUT2D eigenvalue weighted by Crippen LogP contribution is -2.03. The molecule has 2 atom stereocenters. The highest BCUT2D eigenvalue weighted by atomic mass is 16.5. The number of rotatable bonds is 3. The van der Waals surface area contributed by atoms with Gasteiger partial charge in [0.15, 0.2) is 0 Å². The van der Waals surface area contributed by atoms with Crippen molar-refractivity contribution >= 4 is 5.97 Å². The summed E-state index contributed by atoms with van der Waals surface area (Å²) in [6, 6.07) is 5.85. The molecule has 2 rings (SSSR count). The van der Waals surface area contributed by atoms with Crippen molar-refractivity contribution in [2.24, 2.45) is 11.3 Å². The summed E-state index contributed by atoms with van der Waals surface area (Å²) in [6.45, 7) is 6.03. The summed E-state index contributed by atoms with van der Waals surface area (Å²) in [5.74, 6) is -0.0349. The maximum Gasteiger partial charge on any atom is 0.307 e. The number of aliphatic carboxylic acids is 1. The maximum atomic E-state index is 11.2. The number of methoxy groups -OCH3 is 1. The predicted octanol–water partition coefficient (Wildman–Crippen LogP) is 2.83. The van der Waals surface area contributed by atoms with Crippen molar-refractivity contribution in [3.8, 4) is 5.75 Å². The number of hydrogen-bond donors (Lipinski definition) is 1. The fourth-order valence-electron chi connectivity index (χ4n) is 2.80. The standard InChI is InChI=1S/C14H18O3/c1-8-7-9(17-4)5-6-10(8)11-12(13(15)16)14(11,2)3/h5-7,11-12H,1-4H3,(H,15,16). The Balaban J connectivity index is 2.34. The molecule has 1 N–H and O–H groups in total. The van der Waals surface area contributed by atoms with Crippen LogP contribution < -0.4 is 4.74 Å². The third-order valence-electron chi connectivity index (χ3n) is 3.91. The number of carboxylic acids is 1. The Kier molecular flexibility index (Phi) is 2.64. The van der Waals surface area contributed by atoms with E-state index in [0.717, 1.165) is 16.9 Å². The lowest BCUT2D eigenvalue weighted by Gasteiger charge is -2.09. The molecule has 1 aliphatic carbocycles. The van der Waals surface area contributed by atoms with Gasteiger partial charge in [-0.1, -0.05) is 19.9 Å².